The van der Waals surface area contributed by atoms with Gasteiger partial charge in [0.2, 0.25) is 0 Å². The van der Waals surface area contributed by atoms with Crippen LogP contribution in [0.25, 0.3) is 0 Å². The highest BCUT2D eigenvalue weighted by atomic mass is 16.5. The monoisotopic (exact) mass is 244 g/mol. The summed E-state index contributed by atoms with van der Waals surface area (Å²) in [4.78, 5) is 21.6. The SMILES string of the molecule is CCCCCCCCOC(=O)CCOC(C)=O. The van der Waals surface area contributed by atoms with E-state index in [0.717, 1.165) is 12.8 Å². The summed E-state index contributed by atoms with van der Waals surface area (Å²) >= 11 is 0. The third kappa shape index (κ3) is 12.9. The minimum absolute atomic E-state index is 0.116. The molecule has 100 valence electrons. The first-order valence-electron chi connectivity index (χ1n) is 6.45. The Labute approximate surface area is 104 Å². The average molecular weight is 244 g/mol. The van der Waals surface area contributed by atoms with Crippen molar-refractivity contribution in [2.75, 3.05) is 13.2 Å². The summed E-state index contributed by atoms with van der Waals surface area (Å²) in [6.45, 7) is 4.10. The van der Waals surface area contributed by atoms with Crippen LogP contribution in [-0.4, -0.2) is 25.2 Å². The first kappa shape index (κ1) is 15.9. The quantitative estimate of drug-likeness (QED) is 0.438. The normalized spacial score (nSPS) is 10.0. The van der Waals surface area contributed by atoms with Crippen molar-refractivity contribution in [3.8, 4) is 0 Å². The van der Waals surface area contributed by atoms with Gasteiger partial charge in [-0.05, 0) is 6.42 Å². The summed E-state index contributed by atoms with van der Waals surface area (Å²) < 4.78 is 9.64. The molecule has 0 amide bonds. The molecular weight excluding hydrogens is 220 g/mol. The summed E-state index contributed by atoms with van der Waals surface area (Å²) in [5.41, 5.74) is 0. The molecule has 0 saturated carbocycles. The summed E-state index contributed by atoms with van der Waals surface area (Å²) in [7, 11) is 0. The Morgan fingerprint density at radius 1 is 0.882 bits per heavy atom. The van der Waals surface area contributed by atoms with Gasteiger partial charge in [0.15, 0.2) is 0 Å². The molecule has 0 rings (SSSR count). The Balaban J connectivity index is 3.19. The van der Waals surface area contributed by atoms with E-state index >= 15 is 0 Å². The van der Waals surface area contributed by atoms with Gasteiger partial charge in [-0.1, -0.05) is 39.0 Å². The van der Waals surface area contributed by atoms with Crippen LogP contribution in [0.4, 0.5) is 0 Å². The summed E-state index contributed by atoms with van der Waals surface area (Å²) in [6.07, 6.45) is 7.17. The second kappa shape index (κ2) is 11.4. The van der Waals surface area contributed by atoms with Crippen LogP contribution in [0.15, 0.2) is 0 Å². The Morgan fingerprint density at radius 3 is 2.18 bits per heavy atom. The molecule has 4 nitrogen and oxygen atoms in total. The van der Waals surface area contributed by atoms with E-state index in [9.17, 15) is 9.59 Å². The molecule has 0 saturated heterocycles. The van der Waals surface area contributed by atoms with Gasteiger partial charge in [0.25, 0.3) is 0 Å². The second-order valence-electron chi connectivity index (χ2n) is 4.08. The fraction of sp³-hybridized carbons (Fsp3) is 0.846. The van der Waals surface area contributed by atoms with Crippen LogP contribution in [0.2, 0.25) is 0 Å². The average Bonchev–Trinajstić information content (AvgIpc) is 2.27. The van der Waals surface area contributed by atoms with E-state index in [1.807, 2.05) is 0 Å². The van der Waals surface area contributed by atoms with Gasteiger partial charge < -0.3 is 9.47 Å². The van der Waals surface area contributed by atoms with E-state index in [4.69, 9.17) is 4.74 Å². The highest BCUT2D eigenvalue weighted by Gasteiger charge is 2.03. The zero-order chi connectivity index (χ0) is 12.9. The van der Waals surface area contributed by atoms with Gasteiger partial charge in [-0.15, -0.1) is 0 Å². The molecule has 0 aromatic rings. The molecule has 0 radical (unpaired) electrons. The van der Waals surface area contributed by atoms with Crippen LogP contribution < -0.4 is 0 Å². The first-order valence-corrected chi connectivity index (χ1v) is 6.45. The lowest BCUT2D eigenvalue weighted by molar-refractivity contribution is -0.148. The van der Waals surface area contributed by atoms with Gasteiger partial charge >= 0.3 is 11.9 Å². The molecular formula is C13H24O4. The van der Waals surface area contributed by atoms with Crippen LogP contribution in [0.5, 0.6) is 0 Å². The lowest BCUT2D eigenvalue weighted by Gasteiger charge is -2.05. The third-order valence-corrected chi connectivity index (χ3v) is 2.37. The molecule has 0 aromatic carbocycles. The number of carbonyl (C=O) groups excluding carboxylic acids is 2. The topological polar surface area (TPSA) is 52.6 Å². The number of esters is 2. The van der Waals surface area contributed by atoms with Crippen LogP contribution in [0.1, 0.15) is 58.8 Å². The van der Waals surface area contributed by atoms with Crippen molar-refractivity contribution < 1.29 is 19.1 Å². The lowest BCUT2D eigenvalue weighted by Crippen LogP contribution is -2.10. The van der Waals surface area contributed by atoms with Crippen LogP contribution in [-0.2, 0) is 19.1 Å². The fourth-order valence-electron chi connectivity index (χ4n) is 1.42. The maximum atomic E-state index is 11.1. The first-order chi connectivity index (χ1) is 8.16. The number of unbranched alkanes of at least 4 members (excludes halogenated alkanes) is 5. The number of hydrogen-bond donors (Lipinski definition) is 0. The zero-order valence-electron chi connectivity index (χ0n) is 11.0. The predicted octanol–water partition coefficient (Wildman–Crippen LogP) is 2.84. The summed E-state index contributed by atoms with van der Waals surface area (Å²) in [6, 6.07) is 0. The van der Waals surface area contributed by atoms with E-state index in [-0.39, 0.29) is 25.0 Å². The molecule has 0 aliphatic heterocycles. The molecule has 0 heterocycles. The van der Waals surface area contributed by atoms with E-state index < -0.39 is 0 Å². The van der Waals surface area contributed by atoms with Gasteiger partial charge in [0, 0.05) is 6.92 Å². The minimum atomic E-state index is -0.367. The third-order valence-electron chi connectivity index (χ3n) is 2.37. The predicted molar refractivity (Wildman–Crippen MR) is 65.6 cm³/mol. The summed E-state index contributed by atoms with van der Waals surface area (Å²) in [5, 5.41) is 0. The maximum absolute atomic E-state index is 11.1. The van der Waals surface area contributed by atoms with Gasteiger partial charge in [0.1, 0.15) is 6.61 Å². The van der Waals surface area contributed by atoms with E-state index in [0.29, 0.717) is 6.61 Å². The van der Waals surface area contributed by atoms with Gasteiger partial charge in [-0.25, -0.2) is 0 Å². The van der Waals surface area contributed by atoms with Crippen LogP contribution in [0, 0.1) is 0 Å². The van der Waals surface area contributed by atoms with E-state index in [2.05, 4.69) is 11.7 Å². The Bertz CT molecular complexity index is 213. The van der Waals surface area contributed by atoms with Gasteiger partial charge in [-0.2, -0.15) is 0 Å². The van der Waals surface area contributed by atoms with Crippen molar-refractivity contribution in [2.45, 2.75) is 58.8 Å². The Kier molecular flexibility index (Phi) is 10.7. The lowest BCUT2D eigenvalue weighted by atomic mass is 10.1. The van der Waals surface area contributed by atoms with Crippen molar-refractivity contribution >= 4 is 11.9 Å². The minimum Gasteiger partial charge on any atom is -0.466 e. The smallest absolute Gasteiger partial charge is 0.309 e. The molecule has 17 heavy (non-hydrogen) atoms. The highest BCUT2D eigenvalue weighted by Crippen LogP contribution is 2.05. The molecule has 4 heteroatoms. The van der Waals surface area contributed by atoms with E-state index in [1.54, 1.807) is 0 Å². The number of ether oxygens (including phenoxy) is 2. The molecule has 0 spiro atoms. The number of rotatable bonds is 10. The highest BCUT2D eigenvalue weighted by molar-refractivity contribution is 5.70. The van der Waals surface area contributed by atoms with Crippen molar-refractivity contribution in [1.29, 1.82) is 0 Å². The standard InChI is InChI=1S/C13H24O4/c1-3-4-5-6-7-8-10-17-13(15)9-11-16-12(2)14/h3-11H2,1-2H3. The van der Waals surface area contributed by atoms with E-state index in [1.165, 1.54) is 32.6 Å². The molecule has 0 bridgehead atoms. The molecule has 0 unspecified atom stereocenters. The maximum Gasteiger partial charge on any atom is 0.309 e. The molecule has 0 aliphatic carbocycles. The Hall–Kier alpha value is -1.06. The second-order valence-corrected chi connectivity index (χ2v) is 4.08. The molecule has 0 atom stereocenters. The van der Waals surface area contributed by atoms with Crippen molar-refractivity contribution in [1.82, 2.24) is 0 Å². The van der Waals surface area contributed by atoms with Crippen LogP contribution >= 0.6 is 0 Å². The molecule has 0 aliphatic rings. The number of carbonyl (C=O) groups is 2. The number of hydrogen-bond acceptors (Lipinski definition) is 4. The van der Waals surface area contributed by atoms with Crippen molar-refractivity contribution in [2.24, 2.45) is 0 Å². The zero-order valence-corrected chi connectivity index (χ0v) is 11.0. The Morgan fingerprint density at radius 2 is 1.53 bits per heavy atom. The fourth-order valence-corrected chi connectivity index (χ4v) is 1.42. The van der Waals surface area contributed by atoms with Crippen molar-refractivity contribution in [3.63, 3.8) is 0 Å². The van der Waals surface area contributed by atoms with Gasteiger partial charge in [0.05, 0.1) is 13.0 Å². The van der Waals surface area contributed by atoms with Crippen LogP contribution in [0.3, 0.4) is 0 Å². The summed E-state index contributed by atoms with van der Waals surface area (Å²) in [5.74, 6) is -0.659. The molecule has 0 aromatic heterocycles. The van der Waals surface area contributed by atoms with Gasteiger partial charge in [-0.3, -0.25) is 9.59 Å². The largest absolute Gasteiger partial charge is 0.466 e. The van der Waals surface area contributed by atoms with Crippen molar-refractivity contribution in [3.05, 3.63) is 0 Å². The molecule has 0 N–H and O–H groups in total. The molecule has 0 fully saturated rings.